The first-order chi connectivity index (χ1) is 8.81. The fourth-order valence-corrected chi connectivity index (χ4v) is 2.04. The lowest BCUT2D eigenvalue weighted by atomic mass is 10.1. The maximum absolute atomic E-state index is 10.8. The molecule has 0 amide bonds. The lowest BCUT2D eigenvalue weighted by molar-refractivity contribution is -0.207. The molecule has 18 heavy (non-hydrogen) atoms. The van der Waals surface area contributed by atoms with Crippen LogP contribution >= 0.6 is 0 Å². The predicted molar refractivity (Wildman–Crippen MR) is 66.0 cm³/mol. The minimum absolute atomic E-state index is 0.000828. The highest BCUT2D eigenvalue weighted by molar-refractivity contribution is 5.56. The molecule has 4 nitrogen and oxygen atoms in total. The van der Waals surface area contributed by atoms with Crippen LogP contribution in [0.3, 0.4) is 0 Å². The number of benzene rings is 1. The molecule has 1 aromatic carbocycles. The van der Waals surface area contributed by atoms with E-state index in [2.05, 4.69) is 0 Å². The maximum atomic E-state index is 10.8. The molecule has 0 radical (unpaired) electrons. The molecule has 98 valence electrons. The fraction of sp³-hybridized carbons (Fsp3) is 0.500. The van der Waals surface area contributed by atoms with Gasteiger partial charge >= 0.3 is 0 Å². The minimum Gasteiger partial charge on any atom is -0.373 e. The van der Waals surface area contributed by atoms with E-state index in [1.54, 1.807) is 7.11 Å². The number of aldehydes is 1. The molecule has 1 aliphatic heterocycles. The largest absolute Gasteiger partial charge is 0.373 e. The quantitative estimate of drug-likeness (QED) is 0.749. The minimum atomic E-state index is -0.426. The summed E-state index contributed by atoms with van der Waals surface area (Å²) >= 11 is 0. The Morgan fingerprint density at radius 3 is 2.78 bits per heavy atom. The number of hydrogen-bond acceptors (Lipinski definition) is 4. The van der Waals surface area contributed by atoms with Crippen molar-refractivity contribution in [1.82, 2.24) is 0 Å². The van der Waals surface area contributed by atoms with E-state index in [1.165, 1.54) is 0 Å². The first kappa shape index (κ1) is 13.2. The second kappa shape index (κ2) is 6.64. The molecule has 1 aromatic rings. The van der Waals surface area contributed by atoms with Gasteiger partial charge in [-0.3, -0.25) is 0 Å². The van der Waals surface area contributed by atoms with E-state index in [0.29, 0.717) is 19.4 Å². The summed E-state index contributed by atoms with van der Waals surface area (Å²) in [7, 11) is 1.58. The monoisotopic (exact) mass is 250 g/mol. The zero-order chi connectivity index (χ0) is 12.8. The standard InChI is InChI=1S/C14H18O4/c1-16-14-8-12(7-13(9-15)18-14)17-10-11-5-3-2-4-6-11/h2-6,9,12-14H,7-8,10H2,1H3/t12-,13-,14-/m1/s1. The average Bonchev–Trinajstić information content (AvgIpc) is 2.45. The van der Waals surface area contributed by atoms with E-state index >= 15 is 0 Å². The van der Waals surface area contributed by atoms with Crippen LogP contribution in [0, 0.1) is 0 Å². The van der Waals surface area contributed by atoms with Crippen LogP contribution in [-0.2, 0) is 25.6 Å². The highest BCUT2D eigenvalue weighted by atomic mass is 16.7. The molecule has 1 fully saturated rings. The zero-order valence-corrected chi connectivity index (χ0v) is 10.5. The third-order valence-electron chi connectivity index (χ3n) is 3.02. The maximum Gasteiger partial charge on any atom is 0.160 e. The molecular formula is C14H18O4. The van der Waals surface area contributed by atoms with E-state index in [4.69, 9.17) is 14.2 Å². The summed E-state index contributed by atoms with van der Waals surface area (Å²) in [5.74, 6) is 0. The smallest absolute Gasteiger partial charge is 0.160 e. The van der Waals surface area contributed by atoms with Crippen molar-refractivity contribution in [1.29, 1.82) is 0 Å². The Balaban J connectivity index is 1.86. The van der Waals surface area contributed by atoms with Gasteiger partial charge < -0.3 is 19.0 Å². The Bertz CT molecular complexity index is 365. The summed E-state index contributed by atoms with van der Waals surface area (Å²) in [6.45, 7) is 0.549. The molecule has 0 saturated carbocycles. The van der Waals surface area contributed by atoms with Gasteiger partial charge in [0.15, 0.2) is 6.29 Å². The second-order valence-electron chi connectivity index (χ2n) is 4.37. The van der Waals surface area contributed by atoms with Crippen molar-refractivity contribution in [3.63, 3.8) is 0 Å². The van der Waals surface area contributed by atoms with Gasteiger partial charge in [-0.15, -0.1) is 0 Å². The Labute approximate surface area is 107 Å². The molecule has 3 atom stereocenters. The van der Waals surface area contributed by atoms with Crippen LogP contribution in [-0.4, -0.2) is 31.9 Å². The van der Waals surface area contributed by atoms with Gasteiger partial charge in [0, 0.05) is 20.0 Å². The fourth-order valence-electron chi connectivity index (χ4n) is 2.04. The highest BCUT2D eigenvalue weighted by Gasteiger charge is 2.29. The first-order valence-corrected chi connectivity index (χ1v) is 6.11. The molecule has 1 saturated heterocycles. The summed E-state index contributed by atoms with van der Waals surface area (Å²) in [6, 6.07) is 9.97. The van der Waals surface area contributed by atoms with Crippen LogP contribution < -0.4 is 0 Å². The van der Waals surface area contributed by atoms with Crippen molar-refractivity contribution in [2.45, 2.75) is 37.9 Å². The molecular weight excluding hydrogens is 232 g/mol. The normalized spacial score (nSPS) is 27.9. The van der Waals surface area contributed by atoms with Crippen molar-refractivity contribution in [2.24, 2.45) is 0 Å². The average molecular weight is 250 g/mol. The van der Waals surface area contributed by atoms with Crippen LogP contribution in [0.5, 0.6) is 0 Å². The number of rotatable bonds is 5. The molecule has 0 spiro atoms. The molecule has 1 heterocycles. The molecule has 0 unspecified atom stereocenters. The summed E-state index contributed by atoms with van der Waals surface area (Å²) in [6.07, 6.45) is 1.28. The zero-order valence-electron chi connectivity index (χ0n) is 10.5. The molecule has 0 aromatic heterocycles. The Hall–Kier alpha value is -1.23. The van der Waals surface area contributed by atoms with Gasteiger partial charge in [-0.05, 0) is 5.56 Å². The van der Waals surface area contributed by atoms with Crippen molar-refractivity contribution in [3.8, 4) is 0 Å². The molecule has 1 aliphatic rings. The van der Waals surface area contributed by atoms with Crippen LogP contribution in [0.1, 0.15) is 18.4 Å². The van der Waals surface area contributed by atoms with Crippen LogP contribution in [0.15, 0.2) is 30.3 Å². The van der Waals surface area contributed by atoms with Gasteiger partial charge in [-0.25, -0.2) is 0 Å². The lowest BCUT2D eigenvalue weighted by Crippen LogP contribution is -2.38. The van der Waals surface area contributed by atoms with Gasteiger partial charge in [0.1, 0.15) is 12.4 Å². The Morgan fingerprint density at radius 1 is 1.33 bits per heavy atom. The summed E-state index contributed by atoms with van der Waals surface area (Å²) in [4.78, 5) is 10.8. The van der Waals surface area contributed by atoms with E-state index in [1.807, 2.05) is 30.3 Å². The van der Waals surface area contributed by atoms with Crippen molar-refractivity contribution in [2.75, 3.05) is 7.11 Å². The van der Waals surface area contributed by atoms with Crippen LogP contribution in [0.4, 0.5) is 0 Å². The van der Waals surface area contributed by atoms with Crippen molar-refractivity contribution in [3.05, 3.63) is 35.9 Å². The first-order valence-electron chi connectivity index (χ1n) is 6.11. The summed E-state index contributed by atoms with van der Waals surface area (Å²) in [5, 5.41) is 0. The number of methoxy groups -OCH3 is 1. The molecule has 0 N–H and O–H groups in total. The van der Waals surface area contributed by atoms with Gasteiger partial charge in [0.05, 0.1) is 12.7 Å². The molecule has 4 heteroatoms. The summed E-state index contributed by atoms with van der Waals surface area (Å²) < 4.78 is 16.4. The number of carbonyl (C=O) groups is 1. The van der Waals surface area contributed by atoms with Crippen molar-refractivity contribution < 1.29 is 19.0 Å². The predicted octanol–water partition coefficient (Wildman–Crippen LogP) is 1.92. The third kappa shape index (κ3) is 3.63. The highest BCUT2D eigenvalue weighted by Crippen LogP contribution is 2.22. The Kier molecular flexibility index (Phi) is 4.87. The molecule has 2 rings (SSSR count). The molecule has 0 bridgehead atoms. The van der Waals surface area contributed by atoms with E-state index < -0.39 is 6.10 Å². The lowest BCUT2D eigenvalue weighted by Gasteiger charge is -2.32. The van der Waals surface area contributed by atoms with Crippen LogP contribution in [0.2, 0.25) is 0 Å². The topological polar surface area (TPSA) is 44.8 Å². The van der Waals surface area contributed by atoms with Gasteiger partial charge in [-0.1, -0.05) is 30.3 Å². The second-order valence-corrected chi connectivity index (χ2v) is 4.37. The third-order valence-corrected chi connectivity index (χ3v) is 3.02. The van der Waals surface area contributed by atoms with E-state index in [9.17, 15) is 4.79 Å². The number of hydrogen-bond donors (Lipinski definition) is 0. The SMILES string of the molecule is CO[C@H]1C[C@H](OCc2ccccc2)C[C@H](C=O)O1. The van der Waals surface area contributed by atoms with Gasteiger partial charge in [-0.2, -0.15) is 0 Å². The van der Waals surface area contributed by atoms with E-state index in [0.717, 1.165) is 11.8 Å². The number of ether oxygens (including phenoxy) is 3. The molecule has 0 aliphatic carbocycles. The van der Waals surface area contributed by atoms with Gasteiger partial charge in [0.2, 0.25) is 0 Å². The van der Waals surface area contributed by atoms with Gasteiger partial charge in [0.25, 0.3) is 0 Å². The summed E-state index contributed by atoms with van der Waals surface area (Å²) in [5.41, 5.74) is 1.13. The van der Waals surface area contributed by atoms with E-state index in [-0.39, 0.29) is 12.4 Å². The van der Waals surface area contributed by atoms with Crippen molar-refractivity contribution >= 4 is 6.29 Å². The number of carbonyl (C=O) groups excluding carboxylic acids is 1. The van der Waals surface area contributed by atoms with Crippen LogP contribution in [0.25, 0.3) is 0 Å². The Morgan fingerprint density at radius 2 is 2.11 bits per heavy atom.